The van der Waals surface area contributed by atoms with Crippen LogP contribution in [0.2, 0.25) is 0 Å². The number of hydrogen-bond donors (Lipinski definition) is 0. The van der Waals surface area contributed by atoms with Crippen molar-refractivity contribution < 1.29 is 19.0 Å². The highest BCUT2D eigenvalue weighted by Gasteiger charge is 2.40. The van der Waals surface area contributed by atoms with Crippen LogP contribution in [0.15, 0.2) is 3.79 Å². The standard InChI is InChI=1S/C16H21BrO4S/c1-10-12(22-14(17)13(10)15(18)19-2)9-11-3-5-16(6-4-11)20-7-8-21-16/h11H,3-9H2,1-2H3. The molecule has 1 spiro atoms. The van der Waals surface area contributed by atoms with E-state index in [0.717, 1.165) is 54.7 Å². The zero-order valence-electron chi connectivity index (χ0n) is 12.9. The molecule has 122 valence electrons. The molecular formula is C16H21BrO4S. The number of thiophene rings is 1. The van der Waals surface area contributed by atoms with Crippen LogP contribution in [-0.4, -0.2) is 32.1 Å². The van der Waals surface area contributed by atoms with Gasteiger partial charge < -0.3 is 14.2 Å². The average molecular weight is 389 g/mol. The largest absolute Gasteiger partial charge is 0.465 e. The van der Waals surface area contributed by atoms with Crippen molar-refractivity contribution >= 4 is 33.2 Å². The fraction of sp³-hybridized carbons (Fsp3) is 0.688. The van der Waals surface area contributed by atoms with Gasteiger partial charge in [-0.25, -0.2) is 4.79 Å². The minimum absolute atomic E-state index is 0.262. The predicted octanol–water partition coefficient (Wildman–Crippen LogP) is 4.08. The molecule has 1 saturated heterocycles. The lowest BCUT2D eigenvalue weighted by molar-refractivity contribution is -0.182. The van der Waals surface area contributed by atoms with Crippen molar-refractivity contribution in [1.82, 2.24) is 0 Å². The molecule has 1 saturated carbocycles. The van der Waals surface area contributed by atoms with E-state index in [1.54, 1.807) is 11.3 Å². The SMILES string of the molecule is COC(=O)c1c(Br)sc(CC2CCC3(CC2)OCCO3)c1C. The van der Waals surface area contributed by atoms with E-state index in [9.17, 15) is 4.79 Å². The van der Waals surface area contributed by atoms with Crippen LogP contribution in [0.3, 0.4) is 0 Å². The fourth-order valence-corrected chi connectivity index (χ4v) is 5.60. The molecule has 3 rings (SSSR count). The number of ether oxygens (including phenoxy) is 3. The van der Waals surface area contributed by atoms with Crippen LogP contribution >= 0.6 is 27.3 Å². The fourth-order valence-electron chi connectivity index (χ4n) is 3.42. The summed E-state index contributed by atoms with van der Waals surface area (Å²) in [6.45, 7) is 3.46. The first-order valence-corrected chi connectivity index (χ1v) is 9.29. The van der Waals surface area contributed by atoms with Gasteiger partial charge in [-0.1, -0.05) is 0 Å². The predicted molar refractivity (Wildman–Crippen MR) is 88.4 cm³/mol. The molecule has 0 N–H and O–H groups in total. The van der Waals surface area contributed by atoms with Gasteiger partial charge in [-0.3, -0.25) is 0 Å². The molecule has 0 unspecified atom stereocenters. The van der Waals surface area contributed by atoms with Crippen molar-refractivity contribution in [2.24, 2.45) is 5.92 Å². The van der Waals surface area contributed by atoms with E-state index >= 15 is 0 Å². The Morgan fingerprint density at radius 3 is 2.59 bits per heavy atom. The third kappa shape index (κ3) is 3.11. The molecule has 0 atom stereocenters. The Kier molecular flexibility index (Phi) is 4.92. The summed E-state index contributed by atoms with van der Waals surface area (Å²) in [5.74, 6) is 0.0778. The van der Waals surface area contributed by atoms with Crippen molar-refractivity contribution in [3.63, 3.8) is 0 Å². The molecule has 1 aromatic heterocycles. The number of carbonyl (C=O) groups is 1. The first kappa shape index (κ1) is 16.4. The van der Waals surface area contributed by atoms with Gasteiger partial charge in [-0.05, 0) is 53.6 Å². The molecule has 1 aliphatic heterocycles. The van der Waals surface area contributed by atoms with Gasteiger partial charge in [0.05, 0.1) is 29.7 Å². The Bertz CT molecular complexity index is 553. The Labute approximate surface area is 143 Å². The summed E-state index contributed by atoms with van der Waals surface area (Å²) in [5, 5.41) is 0. The van der Waals surface area contributed by atoms with E-state index in [2.05, 4.69) is 15.9 Å². The van der Waals surface area contributed by atoms with Gasteiger partial charge in [-0.2, -0.15) is 0 Å². The highest BCUT2D eigenvalue weighted by Crippen LogP contribution is 2.41. The molecular weight excluding hydrogens is 368 g/mol. The minimum Gasteiger partial charge on any atom is -0.465 e. The van der Waals surface area contributed by atoms with Crippen LogP contribution in [-0.2, 0) is 20.6 Å². The molecule has 0 amide bonds. The van der Waals surface area contributed by atoms with Crippen LogP contribution in [0, 0.1) is 12.8 Å². The molecule has 22 heavy (non-hydrogen) atoms. The van der Waals surface area contributed by atoms with Crippen LogP contribution in [0.25, 0.3) is 0 Å². The second-order valence-corrected chi connectivity index (χ2v) is 8.47. The average Bonchev–Trinajstić information content (AvgIpc) is 3.07. The molecule has 0 radical (unpaired) electrons. The molecule has 6 heteroatoms. The van der Waals surface area contributed by atoms with Gasteiger partial charge in [-0.15, -0.1) is 11.3 Å². The van der Waals surface area contributed by atoms with E-state index in [1.165, 1.54) is 12.0 Å². The maximum Gasteiger partial charge on any atom is 0.340 e. The van der Waals surface area contributed by atoms with E-state index < -0.39 is 0 Å². The number of rotatable bonds is 3. The number of methoxy groups -OCH3 is 1. The number of hydrogen-bond acceptors (Lipinski definition) is 5. The van der Waals surface area contributed by atoms with Gasteiger partial charge in [0.1, 0.15) is 0 Å². The van der Waals surface area contributed by atoms with Crippen molar-refractivity contribution in [1.29, 1.82) is 0 Å². The molecule has 2 heterocycles. The normalized spacial score (nSPS) is 21.4. The second kappa shape index (κ2) is 6.59. The minimum atomic E-state index is -0.293. The number of carbonyl (C=O) groups excluding carboxylic acids is 1. The summed E-state index contributed by atoms with van der Waals surface area (Å²) in [6.07, 6.45) is 5.20. The molecule has 4 nitrogen and oxygen atoms in total. The third-order valence-corrected chi connectivity index (χ3v) is 6.73. The number of halogens is 1. The first-order chi connectivity index (χ1) is 10.5. The Morgan fingerprint density at radius 1 is 1.36 bits per heavy atom. The zero-order chi connectivity index (χ0) is 15.7. The van der Waals surface area contributed by atoms with Gasteiger partial charge >= 0.3 is 5.97 Å². The summed E-state index contributed by atoms with van der Waals surface area (Å²) in [7, 11) is 1.42. The summed E-state index contributed by atoms with van der Waals surface area (Å²) in [4.78, 5) is 13.1. The van der Waals surface area contributed by atoms with Gasteiger partial charge in [0.2, 0.25) is 0 Å². The van der Waals surface area contributed by atoms with Crippen LogP contribution in [0.5, 0.6) is 0 Å². The second-order valence-electron chi connectivity index (χ2n) is 6.05. The smallest absolute Gasteiger partial charge is 0.340 e. The van der Waals surface area contributed by atoms with E-state index in [4.69, 9.17) is 14.2 Å². The summed E-state index contributed by atoms with van der Waals surface area (Å²) in [6, 6.07) is 0. The highest BCUT2D eigenvalue weighted by atomic mass is 79.9. The lowest BCUT2D eigenvalue weighted by atomic mass is 9.82. The molecule has 1 aliphatic carbocycles. The molecule has 0 aromatic carbocycles. The van der Waals surface area contributed by atoms with Crippen LogP contribution in [0.4, 0.5) is 0 Å². The van der Waals surface area contributed by atoms with Gasteiger partial charge in [0, 0.05) is 17.7 Å². The molecule has 0 bridgehead atoms. The van der Waals surface area contributed by atoms with E-state index in [-0.39, 0.29) is 11.8 Å². The number of esters is 1. The molecule has 2 fully saturated rings. The molecule has 2 aliphatic rings. The maximum absolute atomic E-state index is 11.9. The maximum atomic E-state index is 11.9. The Morgan fingerprint density at radius 2 is 2.00 bits per heavy atom. The van der Waals surface area contributed by atoms with Gasteiger partial charge in [0.25, 0.3) is 0 Å². The third-order valence-electron chi connectivity index (χ3n) is 4.75. The van der Waals surface area contributed by atoms with Crippen molar-refractivity contribution in [3.8, 4) is 0 Å². The van der Waals surface area contributed by atoms with Crippen LogP contribution < -0.4 is 0 Å². The Balaban J connectivity index is 1.66. The Hall–Kier alpha value is -0.430. The lowest BCUT2D eigenvalue weighted by Crippen LogP contribution is -2.35. The summed E-state index contributed by atoms with van der Waals surface area (Å²) >= 11 is 5.16. The monoisotopic (exact) mass is 388 g/mol. The van der Waals surface area contributed by atoms with Crippen LogP contribution in [0.1, 0.15) is 46.5 Å². The zero-order valence-corrected chi connectivity index (χ0v) is 15.3. The van der Waals surface area contributed by atoms with E-state index in [1.807, 2.05) is 6.92 Å². The van der Waals surface area contributed by atoms with Gasteiger partial charge in [0.15, 0.2) is 5.79 Å². The summed E-state index contributed by atoms with van der Waals surface area (Å²) in [5.41, 5.74) is 1.73. The lowest BCUT2D eigenvalue weighted by Gasteiger charge is -2.35. The highest BCUT2D eigenvalue weighted by molar-refractivity contribution is 9.11. The van der Waals surface area contributed by atoms with E-state index in [0.29, 0.717) is 11.5 Å². The first-order valence-electron chi connectivity index (χ1n) is 7.68. The molecule has 1 aromatic rings. The van der Waals surface area contributed by atoms with Crippen molar-refractivity contribution in [3.05, 3.63) is 19.8 Å². The van der Waals surface area contributed by atoms with Crippen molar-refractivity contribution in [2.45, 2.75) is 44.8 Å². The topological polar surface area (TPSA) is 44.8 Å². The summed E-state index contributed by atoms with van der Waals surface area (Å²) < 4.78 is 17.3. The quantitative estimate of drug-likeness (QED) is 0.731. The van der Waals surface area contributed by atoms with Crippen molar-refractivity contribution in [2.75, 3.05) is 20.3 Å².